The number of aromatic nitrogens is 1. The van der Waals surface area contributed by atoms with Gasteiger partial charge in [0, 0.05) is 12.1 Å². The quantitative estimate of drug-likeness (QED) is 0.785. The lowest BCUT2D eigenvalue weighted by Gasteiger charge is -2.08. The minimum atomic E-state index is -0.789. The molecule has 0 saturated heterocycles. The fourth-order valence-electron chi connectivity index (χ4n) is 1.25. The molecular weight excluding hydrogens is 216 g/mol. The summed E-state index contributed by atoms with van der Waals surface area (Å²) in [7, 11) is 0. The van der Waals surface area contributed by atoms with Crippen molar-refractivity contribution in [1.82, 2.24) is 5.16 Å². The maximum Gasteiger partial charge on any atom is 0.151 e. The smallest absolute Gasteiger partial charge is 0.151 e. The predicted molar refractivity (Wildman–Crippen MR) is 54.6 cm³/mol. The zero-order chi connectivity index (χ0) is 11.5. The van der Waals surface area contributed by atoms with Crippen molar-refractivity contribution in [3.8, 4) is 0 Å². The number of halogens is 2. The number of nitrogens with zero attached hydrogens (tertiary/aromatic N) is 1. The molecule has 1 aromatic heterocycles. The van der Waals surface area contributed by atoms with Gasteiger partial charge in [-0.1, -0.05) is 5.16 Å². The highest BCUT2D eigenvalue weighted by Gasteiger charge is 2.08. The molecule has 0 aliphatic heterocycles. The summed E-state index contributed by atoms with van der Waals surface area (Å²) in [5, 5.41) is 6.41. The molecule has 0 atom stereocenters. The molecule has 3 N–H and O–H groups in total. The van der Waals surface area contributed by atoms with Crippen molar-refractivity contribution in [2.45, 2.75) is 6.54 Å². The van der Waals surface area contributed by atoms with Gasteiger partial charge in [0.2, 0.25) is 0 Å². The van der Waals surface area contributed by atoms with Crippen molar-refractivity contribution in [3.63, 3.8) is 0 Å². The van der Waals surface area contributed by atoms with E-state index in [1.54, 1.807) is 6.07 Å². The van der Waals surface area contributed by atoms with Gasteiger partial charge >= 0.3 is 0 Å². The van der Waals surface area contributed by atoms with Crippen LogP contribution in [0.4, 0.5) is 20.2 Å². The van der Waals surface area contributed by atoms with E-state index < -0.39 is 11.6 Å². The summed E-state index contributed by atoms with van der Waals surface area (Å²) >= 11 is 0. The number of rotatable bonds is 3. The average molecular weight is 225 g/mol. The largest absolute Gasteiger partial charge is 0.395 e. The Bertz CT molecular complexity index is 485. The summed E-state index contributed by atoms with van der Waals surface area (Å²) in [6, 6.07) is 3.49. The number of nitrogen functional groups attached to an aromatic ring is 1. The molecule has 1 heterocycles. The van der Waals surface area contributed by atoms with Gasteiger partial charge in [-0.3, -0.25) is 0 Å². The number of nitrogens with two attached hydrogens (primary N) is 1. The first-order valence-electron chi connectivity index (χ1n) is 4.54. The van der Waals surface area contributed by atoms with Crippen LogP contribution in [-0.4, -0.2) is 5.16 Å². The van der Waals surface area contributed by atoms with Crippen LogP contribution in [0.1, 0.15) is 5.69 Å². The fourth-order valence-corrected chi connectivity index (χ4v) is 1.25. The van der Waals surface area contributed by atoms with Gasteiger partial charge in [-0.05, 0) is 6.07 Å². The van der Waals surface area contributed by atoms with Crippen LogP contribution in [0, 0.1) is 11.6 Å². The second-order valence-corrected chi connectivity index (χ2v) is 3.19. The van der Waals surface area contributed by atoms with Crippen LogP contribution in [0.2, 0.25) is 0 Å². The van der Waals surface area contributed by atoms with E-state index in [1.807, 2.05) is 0 Å². The Morgan fingerprint density at radius 1 is 1.38 bits per heavy atom. The first kappa shape index (κ1) is 10.4. The molecule has 2 rings (SSSR count). The summed E-state index contributed by atoms with van der Waals surface area (Å²) in [4.78, 5) is 0. The van der Waals surface area contributed by atoms with E-state index in [0.717, 1.165) is 12.1 Å². The third-order valence-electron chi connectivity index (χ3n) is 2.05. The van der Waals surface area contributed by atoms with E-state index in [4.69, 9.17) is 5.73 Å². The Kier molecular flexibility index (Phi) is 2.72. The minimum Gasteiger partial charge on any atom is -0.395 e. The summed E-state index contributed by atoms with van der Waals surface area (Å²) in [5.74, 6) is -1.47. The molecule has 16 heavy (non-hydrogen) atoms. The monoisotopic (exact) mass is 225 g/mol. The molecule has 0 fully saturated rings. The summed E-state index contributed by atoms with van der Waals surface area (Å²) < 4.78 is 30.6. The molecule has 84 valence electrons. The lowest BCUT2D eigenvalue weighted by Crippen LogP contribution is -2.04. The number of benzene rings is 1. The molecule has 6 heteroatoms. The normalized spacial score (nSPS) is 10.4. The molecule has 0 bridgehead atoms. The standard InChI is InChI=1S/C10H9F2N3O/c11-6-3-8(12)10(13)9(4-6)14-5-7-1-2-16-15-7/h1-4,14H,5,13H2. The minimum absolute atomic E-state index is 0.120. The van der Waals surface area contributed by atoms with Gasteiger partial charge in [0.05, 0.1) is 17.9 Å². The van der Waals surface area contributed by atoms with Gasteiger partial charge in [0.25, 0.3) is 0 Å². The SMILES string of the molecule is Nc1c(F)cc(F)cc1NCc1ccon1. The van der Waals surface area contributed by atoms with Crippen molar-refractivity contribution >= 4 is 11.4 Å². The summed E-state index contributed by atoms with van der Waals surface area (Å²) in [5.41, 5.74) is 6.13. The fraction of sp³-hybridized carbons (Fsp3) is 0.100. The molecule has 0 aliphatic rings. The van der Waals surface area contributed by atoms with E-state index in [0.29, 0.717) is 5.69 Å². The third-order valence-corrected chi connectivity index (χ3v) is 2.05. The second-order valence-electron chi connectivity index (χ2n) is 3.19. The predicted octanol–water partition coefficient (Wildman–Crippen LogP) is 2.15. The number of hydrogen-bond donors (Lipinski definition) is 2. The first-order chi connectivity index (χ1) is 7.66. The molecule has 2 aromatic rings. The Balaban J connectivity index is 2.15. The summed E-state index contributed by atoms with van der Waals surface area (Å²) in [6.45, 7) is 0.281. The summed E-state index contributed by atoms with van der Waals surface area (Å²) in [6.07, 6.45) is 1.41. The van der Waals surface area contributed by atoms with Crippen molar-refractivity contribution in [2.75, 3.05) is 11.1 Å². The van der Waals surface area contributed by atoms with Crippen molar-refractivity contribution in [2.24, 2.45) is 0 Å². The van der Waals surface area contributed by atoms with Gasteiger partial charge in [-0.15, -0.1) is 0 Å². The van der Waals surface area contributed by atoms with Gasteiger partial charge in [0.15, 0.2) is 5.82 Å². The van der Waals surface area contributed by atoms with E-state index >= 15 is 0 Å². The van der Waals surface area contributed by atoms with Crippen LogP contribution < -0.4 is 11.1 Å². The van der Waals surface area contributed by atoms with Crippen LogP contribution in [-0.2, 0) is 6.54 Å². The molecular formula is C10H9F2N3O. The molecule has 1 aromatic carbocycles. The second kappa shape index (κ2) is 4.18. The number of hydrogen-bond acceptors (Lipinski definition) is 4. The van der Waals surface area contributed by atoms with Crippen LogP contribution >= 0.6 is 0 Å². The topological polar surface area (TPSA) is 64.1 Å². The van der Waals surface area contributed by atoms with Gasteiger partial charge in [0.1, 0.15) is 17.8 Å². The molecule has 0 spiro atoms. The highest BCUT2D eigenvalue weighted by molar-refractivity contribution is 5.66. The van der Waals surface area contributed by atoms with Crippen LogP contribution in [0.3, 0.4) is 0 Å². The van der Waals surface area contributed by atoms with E-state index in [9.17, 15) is 8.78 Å². The highest BCUT2D eigenvalue weighted by atomic mass is 19.1. The lowest BCUT2D eigenvalue weighted by atomic mass is 10.2. The van der Waals surface area contributed by atoms with Gasteiger partial charge in [-0.2, -0.15) is 0 Å². The maximum absolute atomic E-state index is 13.1. The molecule has 0 saturated carbocycles. The Morgan fingerprint density at radius 3 is 2.88 bits per heavy atom. The van der Waals surface area contributed by atoms with Gasteiger partial charge < -0.3 is 15.6 Å². The van der Waals surface area contributed by atoms with Crippen LogP contribution in [0.15, 0.2) is 29.0 Å². The van der Waals surface area contributed by atoms with Crippen LogP contribution in [0.5, 0.6) is 0 Å². The molecule has 4 nitrogen and oxygen atoms in total. The van der Waals surface area contributed by atoms with Crippen molar-refractivity contribution < 1.29 is 13.3 Å². The maximum atomic E-state index is 13.1. The van der Waals surface area contributed by atoms with Crippen LogP contribution in [0.25, 0.3) is 0 Å². The lowest BCUT2D eigenvalue weighted by molar-refractivity contribution is 0.412. The number of nitrogens with one attached hydrogen (secondary N) is 1. The highest BCUT2D eigenvalue weighted by Crippen LogP contribution is 2.23. The molecule has 0 amide bonds. The third kappa shape index (κ3) is 2.10. The molecule has 0 aliphatic carbocycles. The van der Waals surface area contributed by atoms with Crippen molar-refractivity contribution in [1.29, 1.82) is 0 Å². The Morgan fingerprint density at radius 2 is 2.19 bits per heavy atom. The van der Waals surface area contributed by atoms with Gasteiger partial charge in [-0.25, -0.2) is 8.78 Å². The average Bonchev–Trinajstić information content (AvgIpc) is 2.74. The number of anilines is 2. The van der Waals surface area contributed by atoms with E-state index in [1.165, 1.54) is 6.26 Å². The van der Waals surface area contributed by atoms with Crippen molar-refractivity contribution in [3.05, 3.63) is 41.8 Å². The first-order valence-corrected chi connectivity index (χ1v) is 4.54. The molecule has 0 unspecified atom stereocenters. The zero-order valence-corrected chi connectivity index (χ0v) is 8.21. The zero-order valence-electron chi connectivity index (χ0n) is 8.21. The Labute approximate surface area is 90.0 Å². The van der Waals surface area contributed by atoms with E-state index in [2.05, 4.69) is 15.0 Å². The molecule has 0 radical (unpaired) electrons. The van der Waals surface area contributed by atoms with E-state index in [-0.39, 0.29) is 17.9 Å². The Hall–Kier alpha value is -2.11.